The van der Waals surface area contributed by atoms with Crippen LogP contribution in [0.25, 0.3) is 0 Å². The molecule has 0 aliphatic carbocycles. The highest BCUT2D eigenvalue weighted by Crippen LogP contribution is 2.29. The van der Waals surface area contributed by atoms with Crippen molar-refractivity contribution >= 4 is 11.9 Å². The van der Waals surface area contributed by atoms with Gasteiger partial charge in [0.15, 0.2) is 0 Å². The summed E-state index contributed by atoms with van der Waals surface area (Å²) in [5, 5.41) is 0. The topological polar surface area (TPSA) is 58.7 Å². The number of hydrogen-bond acceptors (Lipinski definition) is 2. The summed E-state index contributed by atoms with van der Waals surface area (Å²) in [6.07, 6.45) is 0. The second kappa shape index (κ2) is 3.63. The van der Waals surface area contributed by atoms with Crippen molar-refractivity contribution in [3.05, 3.63) is 34.9 Å². The lowest BCUT2D eigenvalue weighted by Gasteiger charge is -2.23. The van der Waals surface area contributed by atoms with Gasteiger partial charge in [-0.3, -0.25) is 0 Å². The zero-order valence-corrected chi connectivity index (χ0v) is 9.69. The summed E-state index contributed by atoms with van der Waals surface area (Å²) in [5.74, 6) is 0.380. The van der Waals surface area contributed by atoms with Crippen LogP contribution >= 0.6 is 0 Å². The van der Waals surface area contributed by atoms with Gasteiger partial charge in [-0.15, -0.1) is 0 Å². The summed E-state index contributed by atoms with van der Waals surface area (Å²) in [5.41, 5.74) is 9.16. The Labute approximate surface area is 94.8 Å². The second-order valence-corrected chi connectivity index (χ2v) is 4.14. The fraction of sp³-hybridized carbons (Fsp3) is 0.333. The van der Waals surface area contributed by atoms with Crippen LogP contribution in [-0.2, 0) is 0 Å². The normalized spacial score (nSPS) is 20.2. The molecule has 1 unspecified atom stereocenters. The Morgan fingerprint density at radius 2 is 1.88 bits per heavy atom. The summed E-state index contributed by atoms with van der Waals surface area (Å²) in [6, 6.07) is 5.55. The van der Waals surface area contributed by atoms with Crippen molar-refractivity contribution in [2.24, 2.45) is 10.7 Å². The van der Waals surface area contributed by atoms with Crippen molar-refractivity contribution in [3.8, 4) is 0 Å². The fourth-order valence-electron chi connectivity index (χ4n) is 2.16. The summed E-state index contributed by atoms with van der Waals surface area (Å²) in [4.78, 5) is 16.8. The van der Waals surface area contributed by atoms with E-state index in [1.807, 2.05) is 32.0 Å². The molecule has 1 atom stereocenters. The molecule has 1 aliphatic rings. The molecule has 4 nitrogen and oxygen atoms in total. The van der Waals surface area contributed by atoms with Crippen molar-refractivity contribution in [1.82, 2.24) is 4.90 Å². The van der Waals surface area contributed by atoms with Crippen molar-refractivity contribution in [3.63, 3.8) is 0 Å². The zero-order chi connectivity index (χ0) is 11.9. The third-order valence-electron chi connectivity index (χ3n) is 3.01. The molecule has 0 aromatic heterocycles. The van der Waals surface area contributed by atoms with Crippen LogP contribution in [0.4, 0.5) is 4.79 Å². The van der Waals surface area contributed by atoms with Gasteiger partial charge in [0.25, 0.3) is 0 Å². The lowest BCUT2D eigenvalue weighted by Crippen LogP contribution is -2.31. The first kappa shape index (κ1) is 10.7. The number of urea groups is 1. The third kappa shape index (κ3) is 1.46. The minimum Gasteiger partial charge on any atom is -0.385 e. The number of nitrogens with zero attached hydrogens (tertiary/aromatic N) is 2. The molecule has 2 N–H and O–H groups in total. The van der Waals surface area contributed by atoms with Gasteiger partial charge in [0.1, 0.15) is 11.9 Å². The minimum absolute atomic E-state index is 0.214. The van der Waals surface area contributed by atoms with E-state index in [0.29, 0.717) is 5.84 Å². The van der Waals surface area contributed by atoms with E-state index in [2.05, 4.69) is 4.99 Å². The van der Waals surface area contributed by atoms with E-state index in [1.54, 1.807) is 11.9 Å². The highest BCUT2D eigenvalue weighted by Gasteiger charge is 2.33. The minimum atomic E-state index is -0.273. The molecular formula is C12H15N3O. The van der Waals surface area contributed by atoms with Gasteiger partial charge in [-0.25, -0.2) is 4.79 Å². The Morgan fingerprint density at radius 1 is 1.31 bits per heavy atom. The Bertz CT molecular complexity index is 459. The summed E-state index contributed by atoms with van der Waals surface area (Å²) >= 11 is 0. The molecule has 84 valence electrons. The van der Waals surface area contributed by atoms with Crippen molar-refractivity contribution in [2.45, 2.75) is 19.9 Å². The van der Waals surface area contributed by atoms with Gasteiger partial charge >= 0.3 is 6.03 Å². The van der Waals surface area contributed by atoms with Crippen molar-refractivity contribution in [2.75, 3.05) is 7.05 Å². The van der Waals surface area contributed by atoms with Crippen LogP contribution < -0.4 is 5.73 Å². The molecule has 0 saturated heterocycles. The van der Waals surface area contributed by atoms with E-state index in [9.17, 15) is 4.79 Å². The number of rotatable bonds is 1. The first-order valence-electron chi connectivity index (χ1n) is 5.19. The number of carbonyl (C=O) groups excluding carboxylic acids is 1. The average Bonchev–Trinajstić information content (AvgIpc) is 2.44. The highest BCUT2D eigenvalue weighted by molar-refractivity contribution is 6.03. The Hall–Kier alpha value is -1.84. The summed E-state index contributed by atoms with van der Waals surface area (Å²) in [7, 11) is 1.72. The Morgan fingerprint density at radius 3 is 2.31 bits per heavy atom. The number of nitrogens with two attached hydrogens (primary N) is 1. The molecule has 0 radical (unpaired) electrons. The SMILES string of the molecule is Cc1cccc(C)c1C1C(N)=NC(=O)N1C. The predicted octanol–water partition coefficient (Wildman–Crippen LogP) is 1.77. The zero-order valence-electron chi connectivity index (χ0n) is 9.69. The lowest BCUT2D eigenvalue weighted by molar-refractivity contribution is 0.218. The predicted molar refractivity (Wildman–Crippen MR) is 63.4 cm³/mol. The number of carbonyl (C=O) groups is 1. The highest BCUT2D eigenvalue weighted by atomic mass is 16.2. The molecule has 4 heteroatoms. The van der Waals surface area contributed by atoms with Crippen LogP contribution in [0.1, 0.15) is 22.7 Å². The molecule has 16 heavy (non-hydrogen) atoms. The average molecular weight is 217 g/mol. The molecule has 0 spiro atoms. The molecule has 0 saturated carbocycles. The third-order valence-corrected chi connectivity index (χ3v) is 3.01. The van der Waals surface area contributed by atoms with Gasteiger partial charge in [-0.2, -0.15) is 4.99 Å². The lowest BCUT2D eigenvalue weighted by atomic mass is 9.95. The van der Waals surface area contributed by atoms with Gasteiger partial charge in [0.05, 0.1) is 0 Å². The van der Waals surface area contributed by atoms with Crippen molar-refractivity contribution < 1.29 is 4.79 Å². The molecule has 0 bridgehead atoms. The number of aliphatic imine (C=N–C) groups is 1. The van der Waals surface area contributed by atoms with E-state index < -0.39 is 0 Å². The number of amidine groups is 1. The second-order valence-electron chi connectivity index (χ2n) is 4.14. The first-order valence-corrected chi connectivity index (χ1v) is 5.19. The van der Waals surface area contributed by atoms with Gasteiger partial charge in [0, 0.05) is 7.05 Å². The molecule has 1 aliphatic heterocycles. The number of amides is 2. The quantitative estimate of drug-likeness (QED) is 0.779. The molecule has 1 aromatic rings. The summed E-state index contributed by atoms with van der Waals surface area (Å²) in [6.45, 7) is 4.04. The first-order chi connectivity index (χ1) is 7.52. The molecule has 1 aromatic carbocycles. The molecular weight excluding hydrogens is 202 g/mol. The number of benzene rings is 1. The Balaban J connectivity index is 2.54. The van der Waals surface area contributed by atoms with Crippen LogP contribution in [0.5, 0.6) is 0 Å². The maximum atomic E-state index is 11.4. The van der Waals surface area contributed by atoms with E-state index in [-0.39, 0.29) is 12.1 Å². The Kier molecular flexibility index (Phi) is 2.42. The molecule has 2 amide bonds. The van der Waals surface area contributed by atoms with E-state index in [1.165, 1.54) is 0 Å². The smallest absolute Gasteiger partial charge is 0.345 e. The number of aryl methyl sites for hydroxylation is 2. The van der Waals surface area contributed by atoms with E-state index in [0.717, 1.165) is 16.7 Å². The van der Waals surface area contributed by atoms with E-state index in [4.69, 9.17) is 5.73 Å². The van der Waals surface area contributed by atoms with Crippen LogP contribution in [0.3, 0.4) is 0 Å². The van der Waals surface area contributed by atoms with Gasteiger partial charge in [-0.1, -0.05) is 18.2 Å². The maximum Gasteiger partial charge on any atom is 0.345 e. The van der Waals surface area contributed by atoms with Gasteiger partial charge < -0.3 is 10.6 Å². The molecule has 0 fully saturated rings. The largest absolute Gasteiger partial charge is 0.385 e. The standard InChI is InChI=1S/C12H15N3O/c1-7-5-4-6-8(2)9(7)10-11(13)14-12(16)15(10)3/h4-6,10H,1-3H3,(H2,13,14,16). The number of hydrogen-bond donors (Lipinski definition) is 1. The monoisotopic (exact) mass is 217 g/mol. The fourth-order valence-corrected chi connectivity index (χ4v) is 2.16. The van der Waals surface area contributed by atoms with Crippen LogP contribution in [0.2, 0.25) is 0 Å². The maximum absolute atomic E-state index is 11.4. The van der Waals surface area contributed by atoms with Crippen LogP contribution in [0.15, 0.2) is 23.2 Å². The van der Waals surface area contributed by atoms with Gasteiger partial charge in [-0.05, 0) is 30.5 Å². The van der Waals surface area contributed by atoms with Gasteiger partial charge in [0.2, 0.25) is 0 Å². The van der Waals surface area contributed by atoms with Crippen molar-refractivity contribution in [1.29, 1.82) is 0 Å². The number of likely N-dealkylation sites (N-methyl/N-ethyl adjacent to an activating group) is 1. The van der Waals surface area contributed by atoms with Crippen LogP contribution in [-0.4, -0.2) is 23.8 Å². The summed E-state index contributed by atoms with van der Waals surface area (Å²) < 4.78 is 0. The van der Waals surface area contributed by atoms with Crippen LogP contribution in [0, 0.1) is 13.8 Å². The molecule has 2 rings (SSSR count). The molecule has 1 heterocycles. The van der Waals surface area contributed by atoms with E-state index >= 15 is 0 Å².